The van der Waals surface area contributed by atoms with Crippen LogP contribution < -0.4 is 4.72 Å². The number of hydrogen-bond acceptors (Lipinski definition) is 4. The van der Waals surface area contributed by atoms with Crippen molar-refractivity contribution in [2.45, 2.75) is 18.7 Å². The number of phenols is 1. The molecule has 0 aliphatic carbocycles. The van der Waals surface area contributed by atoms with E-state index in [1.165, 1.54) is 12.1 Å². The Bertz CT molecular complexity index is 470. The van der Waals surface area contributed by atoms with Gasteiger partial charge in [0.2, 0.25) is 10.0 Å². The quantitative estimate of drug-likeness (QED) is 0.777. The topological polar surface area (TPSA) is 69.6 Å². The number of nitrogens with one attached hydrogen (secondary N) is 1. The van der Waals surface area contributed by atoms with E-state index in [9.17, 15) is 13.5 Å². The number of hydrogen-bond donors (Lipinski definition) is 2. The molecule has 0 amide bonds. The average Bonchev–Trinajstić information content (AvgIpc) is 2.35. The summed E-state index contributed by atoms with van der Waals surface area (Å²) in [4.78, 5) is 2.04. The highest BCUT2D eigenvalue weighted by atomic mass is 32.2. The van der Waals surface area contributed by atoms with Gasteiger partial charge in [-0.2, -0.15) is 0 Å². The maximum Gasteiger partial charge on any atom is 0.244 e. The minimum Gasteiger partial charge on any atom is -0.507 e. The van der Waals surface area contributed by atoms with Crippen molar-refractivity contribution in [3.63, 3.8) is 0 Å². The van der Waals surface area contributed by atoms with Crippen LogP contribution in [0.2, 0.25) is 0 Å². The number of nitrogens with zero attached hydrogens (tertiary/aromatic N) is 1. The third-order valence-corrected chi connectivity index (χ3v) is 4.28. The van der Waals surface area contributed by atoms with Gasteiger partial charge in [-0.25, -0.2) is 13.1 Å². The molecule has 0 unspecified atom stereocenters. The van der Waals surface area contributed by atoms with Gasteiger partial charge in [-0.3, -0.25) is 0 Å². The zero-order valence-corrected chi connectivity index (χ0v) is 11.6. The first-order chi connectivity index (χ1) is 8.51. The Morgan fingerprint density at radius 1 is 1.22 bits per heavy atom. The standard InChI is InChI=1S/C12H20N2O3S/c1-3-14(4-2)10-9-13-18(16,17)12-8-6-5-7-11(12)15/h5-8,13,15H,3-4,9-10H2,1-2H3. The van der Waals surface area contributed by atoms with Gasteiger partial charge in [0.1, 0.15) is 10.6 Å². The molecule has 0 aliphatic heterocycles. The fourth-order valence-electron chi connectivity index (χ4n) is 1.64. The minimum absolute atomic E-state index is 0.0791. The molecular formula is C12H20N2O3S. The summed E-state index contributed by atoms with van der Waals surface area (Å²) in [6, 6.07) is 5.91. The molecule has 0 aliphatic rings. The fraction of sp³-hybridized carbons (Fsp3) is 0.500. The van der Waals surface area contributed by atoms with Gasteiger partial charge in [0.25, 0.3) is 0 Å². The summed E-state index contributed by atoms with van der Waals surface area (Å²) < 4.78 is 26.3. The second kappa shape index (κ2) is 6.72. The van der Waals surface area contributed by atoms with Crippen LogP contribution >= 0.6 is 0 Å². The third kappa shape index (κ3) is 3.97. The lowest BCUT2D eigenvalue weighted by molar-refractivity contribution is 0.309. The molecule has 0 saturated carbocycles. The predicted molar refractivity (Wildman–Crippen MR) is 71.1 cm³/mol. The van der Waals surface area contributed by atoms with Crippen LogP contribution in [0.25, 0.3) is 0 Å². The summed E-state index contributed by atoms with van der Waals surface area (Å²) in [6.07, 6.45) is 0. The largest absolute Gasteiger partial charge is 0.507 e. The second-order valence-corrected chi connectivity index (χ2v) is 5.63. The van der Waals surface area contributed by atoms with Crippen molar-refractivity contribution in [3.8, 4) is 5.75 Å². The van der Waals surface area contributed by atoms with Crippen LogP contribution in [0.15, 0.2) is 29.2 Å². The van der Waals surface area contributed by atoms with Crippen molar-refractivity contribution >= 4 is 10.0 Å². The molecule has 0 saturated heterocycles. The number of aromatic hydroxyl groups is 1. The molecule has 0 bridgehead atoms. The van der Waals surface area contributed by atoms with Crippen molar-refractivity contribution in [1.82, 2.24) is 9.62 Å². The van der Waals surface area contributed by atoms with E-state index >= 15 is 0 Å². The number of para-hydroxylation sites is 1. The van der Waals surface area contributed by atoms with Crippen molar-refractivity contribution in [2.24, 2.45) is 0 Å². The Kier molecular flexibility index (Phi) is 5.58. The van der Waals surface area contributed by atoms with Crippen LogP contribution in [0.4, 0.5) is 0 Å². The molecule has 1 aromatic carbocycles. The number of phenolic OH excluding ortho intramolecular Hbond substituents is 1. The zero-order valence-electron chi connectivity index (χ0n) is 10.8. The van der Waals surface area contributed by atoms with Crippen molar-refractivity contribution < 1.29 is 13.5 Å². The second-order valence-electron chi connectivity index (χ2n) is 3.89. The van der Waals surface area contributed by atoms with E-state index in [4.69, 9.17) is 0 Å². The molecule has 0 radical (unpaired) electrons. The van der Waals surface area contributed by atoms with Crippen LogP contribution in [0.1, 0.15) is 13.8 Å². The predicted octanol–water partition coefficient (Wildman–Crippen LogP) is 1.01. The molecule has 0 fully saturated rings. The monoisotopic (exact) mass is 272 g/mol. The highest BCUT2D eigenvalue weighted by Gasteiger charge is 2.17. The van der Waals surface area contributed by atoms with E-state index < -0.39 is 10.0 Å². The van der Waals surface area contributed by atoms with Crippen molar-refractivity contribution in [2.75, 3.05) is 26.2 Å². The molecule has 2 N–H and O–H groups in total. The van der Waals surface area contributed by atoms with Crippen LogP contribution in [0.3, 0.4) is 0 Å². The zero-order chi connectivity index (χ0) is 13.6. The summed E-state index contributed by atoms with van der Waals surface area (Å²) in [5.74, 6) is -0.229. The van der Waals surface area contributed by atoms with Gasteiger partial charge in [0.15, 0.2) is 0 Å². The van der Waals surface area contributed by atoms with Gasteiger partial charge in [0.05, 0.1) is 0 Å². The Balaban J connectivity index is 2.64. The summed E-state index contributed by atoms with van der Waals surface area (Å²) in [5, 5.41) is 9.52. The van der Waals surface area contributed by atoms with E-state index in [0.717, 1.165) is 13.1 Å². The molecule has 6 heteroatoms. The number of sulfonamides is 1. The van der Waals surface area contributed by atoms with Gasteiger partial charge in [-0.1, -0.05) is 26.0 Å². The van der Waals surface area contributed by atoms with Crippen LogP contribution in [-0.2, 0) is 10.0 Å². The van der Waals surface area contributed by atoms with Gasteiger partial charge in [-0.15, -0.1) is 0 Å². The van der Waals surface area contributed by atoms with Crippen molar-refractivity contribution in [3.05, 3.63) is 24.3 Å². The summed E-state index contributed by atoms with van der Waals surface area (Å²) in [7, 11) is -3.63. The van der Waals surface area contributed by atoms with E-state index in [1.54, 1.807) is 12.1 Å². The van der Waals surface area contributed by atoms with Gasteiger partial charge in [0, 0.05) is 13.1 Å². The Morgan fingerprint density at radius 3 is 2.39 bits per heavy atom. The van der Waals surface area contributed by atoms with E-state index in [0.29, 0.717) is 13.1 Å². The number of rotatable bonds is 7. The summed E-state index contributed by atoms with van der Waals surface area (Å²) in [5.41, 5.74) is 0. The normalized spacial score (nSPS) is 11.9. The van der Waals surface area contributed by atoms with Crippen molar-refractivity contribution in [1.29, 1.82) is 0 Å². The maximum absolute atomic E-state index is 11.9. The van der Waals surface area contributed by atoms with E-state index in [2.05, 4.69) is 9.62 Å². The maximum atomic E-state index is 11.9. The van der Waals surface area contributed by atoms with Gasteiger partial charge in [-0.05, 0) is 25.2 Å². The van der Waals surface area contributed by atoms with Crippen LogP contribution in [0, 0.1) is 0 Å². The fourth-order valence-corrected chi connectivity index (χ4v) is 2.76. The average molecular weight is 272 g/mol. The molecule has 0 atom stereocenters. The molecule has 18 heavy (non-hydrogen) atoms. The summed E-state index contributed by atoms with van der Waals surface area (Å²) in [6.45, 7) is 6.81. The molecule has 102 valence electrons. The van der Waals surface area contributed by atoms with Gasteiger partial charge < -0.3 is 10.0 Å². The lowest BCUT2D eigenvalue weighted by Crippen LogP contribution is -2.34. The van der Waals surface area contributed by atoms with Crippen LogP contribution in [-0.4, -0.2) is 44.6 Å². The van der Waals surface area contributed by atoms with E-state index in [-0.39, 0.29) is 10.6 Å². The van der Waals surface area contributed by atoms with Gasteiger partial charge >= 0.3 is 0 Å². The molecular weight excluding hydrogens is 252 g/mol. The lowest BCUT2D eigenvalue weighted by Gasteiger charge is -2.18. The lowest BCUT2D eigenvalue weighted by atomic mass is 10.3. The Morgan fingerprint density at radius 2 is 1.83 bits per heavy atom. The smallest absolute Gasteiger partial charge is 0.244 e. The first kappa shape index (κ1) is 14.9. The van der Waals surface area contributed by atoms with E-state index in [1.807, 2.05) is 13.8 Å². The Hall–Kier alpha value is -1.11. The highest BCUT2D eigenvalue weighted by Crippen LogP contribution is 2.20. The number of likely N-dealkylation sites (N-methyl/N-ethyl adjacent to an activating group) is 1. The Labute approximate surface area is 108 Å². The summed E-state index contributed by atoms with van der Waals surface area (Å²) >= 11 is 0. The molecule has 0 spiro atoms. The highest BCUT2D eigenvalue weighted by molar-refractivity contribution is 7.89. The number of benzene rings is 1. The minimum atomic E-state index is -3.63. The third-order valence-electron chi connectivity index (χ3n) is 2.77. The molecule has 0 heterocycles. The SMILES string of the molecule is CCN(CC)CCNS(=O)(=O)c1ccccc1O. The molecule has 1 aromatic rings. The molecule has 5 nitrogen and oxygen atoms in total. The first-order valence-corrected chi connectivity index (χ1v) is 7.49. The molecule has 1 rings (SSSR count). The molecule has 0 aromatic heterocycles. The van der Waals surface area contributed by atoms with Crippen LogP contribution in [0.5, 0.6) is 5.75 Å². The first-order valence-electron chi connectivity index (χ1n) is 6.01.